The minimum absolute atomic E-state index is 0.107. The predicted octanol–water partition coefficient (Wildman–Crippen LogP) is 1.37. The van der Waals surface area contributed by atoms with Gasteiger partial charge >= 0.3 is 6.09 Å². The van der Waals surface area contributed by atoms with E-state index in [1.165, 1.54) is 32.2 Å². The number of non-ortho nitro benzene ring substituents is 1. The summed E-state index contributed by atoms with van der Waals surface area (Å²) in [5, 5.41) is 22.7. The molecule has 0 aliphatic heterocycles. The van der Waals surface area contributed by atoms with Crippen LogP contribution in [0.25, 0.3) is 0 Å². The molecule has 0 fully saturated rings. The molecule has 0 saturated heterocycles. The highest BCUT2D eigenvalue weighted by Gasteiger charge is 2.21. The lowest BCUT2D eigenvalue weighted by Crippen LogP contribution is -2.34. The third-order valence-corrected chi connectivity index (χ3v) is 2.38. The van der Waals surface area contributed by atoms with Gasteiger partial charge in [-0.25, -0.2) is 4.79 Å². The van der Waals surface area contributed by atoms with Crippen molar-refractivity contribution in [3.63, 3.8) is 0 Å². The lowest BCUT2D eigenvalue weighted by Gasteiger charge is -2.20. The number of aliphatic hydroxyl groups is 1. The summed E-state index contributed by atoms with van der Waals surface area (Å²) in [4.78, 5) is 21.3. The first-order valence-corrected chi connectivity index (χ1v) is 5.22. The zero-order valence-electron chi connectivity index (χ0n) is 9.99. The molecule has 0 aromatic heterocycles. The highest BCUT2D eigenvalue weighted by molar-refractivity contribution is 5.67. The average Bonchev–Trinajstić information content (AvgIpc) is 2.35. The minimum atomic E-state index is -0.911. The fraction of sp³-hybridized carbons (Fsp3) is 0.364. The van der Waals surface area contributed by atoms with Crippen molar-refractivity contribution in [2.24, 2.45) is 0 Å². The second-order valence-electron chi connectivity index (χ2n) is 3.71. The molecule has 0 radical (unpaired) electrons. The lowest BCUT2D eigenvalue weighted by atomic mass is 10.0. The van der Waals surface area contributed by atoms with E-state index in [-0.39, 0.29) is 5.69 Å². The first-order chi connectivity index (χ1) is 8.45. The maximum atomic E-state index is 11.1. The van der Waals surface area contributed by atoms with Gasteiger partial charge in [-0.05, 0) is 12.5 Å². The number of nitrogens with zero attached hydrogens (tertiary/aromatic N) is 1. The van der Waals surface area contributed by atoms with Gasteiger partial charge < -0.3 is 15.2 Å². The molecule has 0 bridgehead atoms. The Morgan fingerprint density at radius 3 is 2.72 bits per heavy atom. The van der Waals surface area contributed by atoms with Crippen LogP contribution in [-0.2, 0) is 4.74 Å². The fourth-order valence-electron chi connectivity index (χ4n) is 1.50. The Labute approximate surface area is 104 Å². The number of hydrogen-bond donors (Lipinski definition) is 2. The van der Waals surface area contributed by atoms with Gasteiger partial charge in [0, 0.05) is 12.1 Å². The second kappa shape index (κ2) is 5.97. The molecule has 0 aliphatic rings. The SMILES string of the molecule is COC(=O)NC(c1cccc([N+](=O)[O-])c1)C(C)O. The molecule has 1 aromatic carbocycles. The molecule has 1 amide bonds. The molecule has 0 aliphatic carbocycles. The monoisotopic (exact) mass is 254 g/mol. The van der Waals surface area contributed by atoms with Crippen LogP contribution in [-0.4, -0.2) is 29.3 Å². The highest BCUT2D eigenvalue weighted by atomic mass is 16.6. The van der Waals surface area contributed by atoms with E-state index in [0.717, 1.165) is 0 Å². The predicted molar refractivity (Wildman–Crippen MR) is 63.1 cm³/mol. The molecule has 0 spiro atoms. The van der Waals surface area contributed by atoms with E-state index in [1.807, 2.05) is 0 Å². The number of carbonyl (C=O) groups is 1. The normalized spacial score (nSPS) is 13.5. The summed E-state index contributed by atoms with van der Waals surface area (Å²) in [6.07, 6.45) is -1.63. The van der Waals surface area contributed by atoms with E-state index in [1.54, 1.807) is 6.07 Å². The van der Waals surface area contributed by atoms with E-state index in [0.29, 0.717) is 5.56 Å². The Kier molecular flexibility index (Phi) is 4.61. The van der Waals surface area contributed by atoms with Crippen LogP contribution in [0.4, 0.5) is 10.5 Å². The first kappa shape index (κ1) is 13.9. The van der Waals surface area contributed by atoms with Crippen molar-refractivity contribution in [2.75, 3.05) is 7.11 Å². The highest BCUT2D eigenvalue weighted by Crippen LogP contribution is 2.21. The van der Waals surface area contributed by atoms with Gasteiger partial charge in [-0.3, -0.25) is 10.1 Å². The summed E-state index contributed by atoms with van der Waals surface area (Å²) in [5.41, 5.74) is 0.328. The van der Waals surface area contributed by atoms with Gasteiger partial charge in [0.05, 0.1) is 24.2 Å². The number of carbonyl (C=O) groups excluding carboxylic acids is 1. The quantitative estimate of drug-likeness (QED) is 0.624. The van der Waals surface area contributed by atoms with Crippen molar-refractivity contribution in [2.45, 2.75) is 19.1 Å². The molecule has 18 heavy (non-hydrogen) atoms. The molecule has 2 unspecified atom stereocenters. The standard InChI is InChI=1S/C11H14N2O5/c1-7(14)10(12-11(15)18-2)8-4-3-5-9(6-8)13(16)17/h3-7,10,14H,1-2H3,(H,12,15). The van der Waals surface area contributed by atoms with Crippen LogP contribution in [0.1, 0.15) is 18.5 Å². The van der Waals surface area contributed by atoms with Crippen LogP contribution >= 0.6 is 0 Å². The Morgan fingerprint density at radius 1 is 1.56 bits per heavy atom. The van der Waals surface area contributed by atoms with Gasteiger partial charge in [-0.2, -0.15) is 0 Å². The summed E-state index contributed by atoms with van der Waals surface area (Å²) in [5.74, 6) is 0. The molecule has 0 saturated carbocycles. The number of amides is 1. The van der Waals surface area contributed by atoms with Gasteiger partial charge in [-0.1, -0.05) is 12.1 Å². The summed E-state index contributed by atoms with van der Waals surface area (Å²) >= 11 is 0. The minimum Gasteiger partial charge on any atom is -0.453 e. The smallest absolute Gasteiger partial charge is 0.407 e. The zero-order chi connectivity index (χ0) is 13.7. The number of aliphatic hydroxyl groups excluding tert-OH is 1. The number of methoxy groups -OCH3 is 1. The van der Waals surface area contributed by atoms with E-state index < -0.39 is 23.2 Å². The largest absolute Gasteiger partial charge is 0.453 e. The molecule has 0 heterocycles. The molecule has 2 N–H and O–H groups in total. The molecule has 1 rings (SSSR count). The molecule has 2 atom stereocenters. The number of benzene rings is 1. The van der Waals surface area contributed by atoms with Crippen LogP contribution in [0.5, 0.6) is 0 Å². The zero-order valence-corrected chi connectivity index (χ0v) is 9.99. The Balaban J connectivity index is 3.02. The van der Waals surface area contributed by atoms with Crippen molar-refractivity contribution in [3.05, 3.63) is 39.9 Å². The van der Waals surface area contributed by atoms with E-state index >= 15 is 0 Å². The number of nitro benzene ring substituents is 1. The van der Waals surface area contributed by atoms with E-state index in [9.17, 15) is 20.0 Å². The van der Waals surface area contributed by atoms with Gasteiger partial charge in [0.2, 0.25) is 0 Å². The van der Waals surface area contributed by atoms with Gasteiger partial charge in [-0.15, -0.1) is 0 Å². The van der Waals surface area contributed by atoms with Gasteiger partial charge in [0.1, 0.15) is 0 Å². The summed E-state index contributed by atoms with van der Waals surface area (Å²) in [7, 11) is 1.20. The topological polar surface area (TPSA) is 102 Å². The van der Waals surface area contributed by atoms with Crippen molar-refractivity contribution in [1.82, 2.24) is 5.32 Å². The maximum absolute atomic E-state index is 11.1. The van der Waals surface area contributed by atoms with Crippen molar-refractivity contribution >= 4 is 11.8 Å². The summed E-state index contributed by atoms with van der Waals surface area (Å²) in [6.45, 7) is 1.47. The fourth-order valence-corrected chi connectivity index (χ4v) is 1.50. The number of alkyl carbamates (subject to hydrolysis) is 1. The number of ether oxygens (including phenoxy) is 1. The molecule has 98 valence electrons. The van der Waals surface area contributed by atoms with Gasteiger partial charge in [0.25, 0.3) is 5.69 Å². The van der Waals surface area contributed by atoms with Crippen LogP contribution in [0.3, 0.4) is 0 Å². The number of nitro groups is 1. The lowest BCUT2D eigenvalue weighted by molar-refractivity contribution is -0.384. The van der Waals surface area contributed by atoms with Crippen LogP contribution < -0.4 is 5.32 Å². The summed E-state index contributed by atoms with van der Waals surface area (Å²) < 4.78 is 4.44. The molecule has 7 nitrogen and oxygen atoms in total. The van der Waals surface area contributed by atoms with Crippen LogP contribution in [0, 0.1) is 10.1 Å². The Hall–Kier alpha value is -2.15. The third-order valence-electron chi connectivity index (χ3n) is 2.38. The number of rotatable bonds is 4. The van der Waals surface area contributed by atoms with Crippen LogP contribution in [0.2, 0.25) is 0 Å². The number of hydrogen-bond acceptors (Lipinski definition) is 5. The molecular formula is C11H14N2O5. The molecular weight excluding hydrogens is 240 g/mol. The van der Waals surface area contributed by atoms with Crippen molar-refractivity contribution in [3.8, 4) is 0 Å². The van der Waals surface area contributed by atoms with E-state index in [2.05, 4.69) is 10.1 Å². The van der Waals surface area contributed by atoms with Gasteiger partial charge in [0.15, 0.2) is 0 Å². The van der Waals surface area contributed by atoms with Crippen LogP contribution in [0.15, 0.2) is 24.3 Å². The van der Waals surface area contributed by atoms with Crippen molar-refractivity contribution in [1.29, 1.82) is 0 Å². The summed E-state index contributed by atoms with van der Waals surface area (Å²) in [6, 6.07) is 4.94. The third kappa shape index (κ3) is 3.42. The number of nitrogens with one attached hydrogen (secondary N) is 1. The van der Waals surface area contributed by atoms with E-state index in [4.69, 9.17) is 0 Å². The Bertz CT molecular complexity index is 447. The van der Waals surface area contributed by atoms with Crippen molar-refractivity contribution < 1.29 is 19.6 Å². The molecule has 1 aromatic rings. The average molecular weight is 254 g/mol. The molecule has 7 heteroatoms. The Morgan fingerprint density at radius 2 is 2.22 bits per heavy atom. The maximum Gasteiger partial charge on any atom is 0.407 e. The second-order valence-corrected chi connectivity index (χ2v) is 3.71. The first-order valence-electron chi connectivity index (χ1n) is 5.22.